The first-order valence-electron chi connectivity index (χ1n) is 12.9. The standard InChI is InChI=1S/C33H25NO4/c1-33-29-25-13-7-5-11-23(25)28(24-12-6-8-14-26(24)29)30(33)31(36)34(32(33)37)21-15-17-22(18-16-21)38-27(35)19-20-9-3-2-4-10-20/h2-18,28-30H,19H2,1H3/t28?,29?,30-,33+/m0/s1. The second-order valence-corrected chi connectivity index (χ2v) is 10.5. The Bertz CT molecular complexity index is 1560. The van der Waals surface area contributed by atoms with E-state index in [2.05, 4.69) is 24.3 Å². The Balaban J connectivity index is 1.21. The maximum absolute atomic E-state index is 14.2. The quantitative estimate of drug-likeness (QED) is 0.208. The molecule has 0 aromatic heterocycles. The maximum atomic E-state index is 14.2. The Hall–Kier alpha value is -4.51. The van der Waals surface area contributed by atoms with E-state index in [1.54, 1.807) is 24.3 Å². The van der Waals surface area contributed by atoms with Crippen LogP contribution in [0.15, 0.2) is 103 Å². The van der Waals surface area contributed by atoms with E-state index >= 15 is 0 Å². The minimum absolute atomic E-state index is 0.162. The SMILES string of the molecule is C[C@]12C(=O)N(c3ccc(OC(=O)Cc4ccccc4)cc3)C(=O)[C@@H]1C1c3ccccc3C2c2ccccc21. The number of amides is 2. The van der Waals surface area contributed by atoms with Gasteiger partial charge in [0.1, 0.15) is 5.75 Å². The molecule has 0 spiro atoms. The molecule has 0 N–H and O–H groups in total. The molecular formula is C33H25NO4. The molecule has 0 unspecified atom stereocenters. The van der Waals surface area contributed by atoms with Crippen LogP contribution < -0.4 is 9.64 Å². The highest BCUT2D eigenvalue weighted by atomic mass is 16.5. The molecular weight excluding hydrogens is 474 g/mol. The van der Waals surface area contributed by atoms with Gasteiger partial charge in [0.25, 0.3) is 0 Å². The molecule has 5 nitrogen and oxygen atoms in total. The summed E-state index contributed by atoms with van der Waals surface area (Å²) in [5.41, 5.74) is 5.04. The summed E-state index contributed by atoms with van der Waals surface area (Å²) in [6.45, 7) is 1.96. The zero-order valence-corrected chi connectivity index (χ0v) is 20.8. The molecule has 0 radical (unpaired) electrons. The van der Waals surface area contributed by atoms with Gasteiger partial charge in [-0.1, -0.05) is 78.9 Å². The molecule has 1 heterocycles. The predicted molar refractivity (Wildman–Crippen MR) is 143 cm³/mol. The van der Waals surface area contributed by atoms with Gasteiger partial charge in [-0.15, -0.1) is 0 Å². The fraction of sp³-hybridized carbons (Fsp3) is 0.182. The number of carbonyl (C=O) groups is 3. The van der Waals surface area contributed by atoms with Crippen molar-refractivity contribution in [1.82, 2.24) is 0 Å². The number of carbonyl (C=O) groups excluding carboxylic acids is 3. The van der Waals surface area contributed by atoms with E-state index in [9.17, 15) is 14.4 Å². The van der Waals surface area contributed by atoms with Crippen molar-refractivity contribution in [3.63, 3.8) is 0 Å². The first-order chi connectivity index (χ1) is 18.5. The summed E-state index contributed by atoms with van der Waals surface area (Å²) in [5.74, 6) is -1.19. The van der Waals surface area contributed by atoms with Gasteiger partial charge in [-0.3, -0.25) is 14.4 Å². The third-order valence-electron chi connectivity index (χ3n) is 8.53. The van der Waals surface area contributed by atoms with E-state index < -0.39 is 11.3 Å². The normalized spacial score (nSPS) is 24.6. The monoisotopic (exact) mass is 499 g/mol. The molecule has 2 atom stereocenters. The van der Waals surface area contributed by atoms with Crippen molar-refractivity contribution >= 4 is 23.5 Å². The van der Waals surface area contributed by atoms with Crippen molar-refractivity contribution in [2.75, 3.05) is 4.90 Å². The van der Waals surface area contributed by atoms with Crippen molar-refractivity contribution in [3.8, 4) is 5.75 Å². The largest absolute Gasteiger partial charge is 0.426 e. The number of hydrogen-bond acceptors (Lipinski definition) is 4. The summed E-state index contributed by atoms with van der Waals surface area (Å²) in [6, 6.07) is 32.5. The van der Waals surface area contributed by atoms with Gasteiger partial charge in [0.2, 0.25) is 11.8 Å². The lowest BCUT2D eigenvalue weighted by molar-refractivity contribution is -0.133. The topological polar surface area (TPSA) is 63.7 Å². The fourth-order valence-electron chi connectivity index (χ4n) is 6.95. The average Bonchev–Trinajstić information content (AvgIpc) is 3.15. The minimum atomic E-state index is -0.884. The van der Waals surface area contributed by atoms with Crippen LogP contribution in [0.25, 0.3) is 0 Å². The van der Waals surface area contributed by atoms with E-state index in [1.165, 1.54) is 4.90 Å². The summed E-state index contributed by atoms with van der Waals surface area (Å²) in [7, 11) is 0. The smallest absolute Gasteiger partial charge is 0.315 e. The Morgan fingerprint density at radius 1 is 0.763 bits per heavy atom. The van der Waals surface area contributed by atoms with E-state index in [-0.39, 0.29) is 36.0 Å². The van der Waals surface area contributed by atoms with E-state index in [0.29, 0.717) is 11.4 Å². The number of ether oxygens (including phenoxy) is 1. The van der Waals surface area contributed by atoms with Gasteiger partial charge in [0.05, 0.1) is 23.4 Å². The van der Waals surface area contributed by atoms with Crippen LogP contribution in [-0.4, -0.2) is 17.8 Å². The average molecular weight is 500 g/mol. The number of nitrogens with zero attached hydrogens (tertiary/aromatic N) is 1. The number of rotatable bonds is 4. The molecule has 1 aliphatic heterocycles. The summed E-state index contributed by atoms with van der Waals surface area (Å²) in [4.78, 5) is 42.0. The zero-order chi connectivity index (χ0) is 26.0. The molecule has 38 heavy (non-hydrogen) atoms. The van der Waals surface area contributed by atoms with Gasteiger partial charge in [0, 0.05) is 11.8 Å². The number of hydrogen-bond donors (Lipinski definition) is 0. The molecule has 4 aromatic carbocycles. The highest BCUT2D eigenvalue weighted by molar-refractivity contribution is 6.25. The van der Waals surface area contributed by atoms with Crippen LogP contribution in [-0.2, 0) is 20.8 Å². The Morgan fingerprint density at radius 2 is 1.32 bits per heavy atom. The lowest BCUT2D eigenvalue weighted by Crippen LogP contribution is -2.49. The van der Waals surface area contributed by atoms with Crippen LogP contribution in [0, 0.1) is 11.3 Å². The van der Waals surface area contributed by atoms with Gasteiger partial charge in [-0.2, -0.15) is 0 Å². The Morgan fingerprint density at radius 3 is 1.92 bits per heavy atom. The van der Waals surface area contributed by atoms with Gasteiger partial charge in [-0.05, 0) is 59.0 Å². The first kappa shape index (κ1) is 22.7. The van der Waals surface area contributed by atoms with E-state index in [1.807, 2.05) is 61.5 Å². The van der Waals surface area contributed by atoms with Crippen LogP contribution >= 0.6 is 0 Å². The Labute approximate surface area is 220 Å². The van der Waals surface area contributed by atoms with Gasteiger partial charge >= 0.3 is 5.97 Å². The lowest BCUT2D eigenvalue weighted by Gasteiger charge is -2.51. The minimum Gasteiger partial charge on any atom is -0.426 e. The Kier molecular flexibility index (Phi) is 4.92. The molecule has 186 valence electrons. The van der Waals surface area contributed by atoms with Crippen LogP contribution in [0.5, 0.6) is 5.75 Å². The van der Waals surface area contributed by atoms with E-state index in [0.717, 1.165) is 27.8 Å². The van der Waals surface area contributed by atoms with Crippen molar-refractivity contribution in [1.29, 1.82) is 0 Å². The van der Waals surface area contributed by atoms with Gasteiger partial charge < -0.3 is 4.74 Å². The molecule has 5 heteroatoms. The molecule has 2 amide bonds. The maximum Gasteiger partial charge on any atom is 0.315 e. The highest BCUT2D eigenvalue weighted by Gasteiger charge is 2.68. The fourth-order valence-corrected chi connectivity index (χ4v) is 6.95. The summed E-state index contributed by atoms with van der Waals surface area (Å²) in [6.07, 6.45) is 0.162. The molecule has 1 saturated heterocycles. The lowest BCUT2D eigenvalue weighted by atomic mass is 9.48. The van der Waals surface area contributed by atoms with Crippen LogP contribution in [0.2, 0.25) is 0 Å². The summed E-state index contributed by atoms with van der Waals surface area (Å²) >= 11 is 0. The third-order valence-corrected chi connectivity index (χ3v) is 8.53. The van der Waals surface area contributed by atoms with Crippen molar-refractivity contribution in [3.05, 3.63) is 131 Å². The summed E-state index contributed by atoms with van der Waals surface area (Å²) < 4.78 is 5.51. The summed E-state index contributed by atoms with van der Waals surface area (Å²) in [5, 5.41) is 0. The molecule has 2 bridgehead atoms. The highest BCUT2D eigenvalue weighted by Crippen LogP contribution is 2.67. The zero-order valence-electron chi connectivity index (χ0n) is 20.8. The number of esters is 1. The van der Waals surface area contributed by atoms with Gasteiger partial charge in [0.15, 0.2) is 0 Å². The first-order valence-corrected chi connectivity index (χ1v) is 12.9. The van der Waals surface area contributed by atoms with E-state index in [4.69, 9.17) is 4.74 Å². The second kappa shape index (κ2) is 8.25. The predicted octanol–water partition coefficient (Wildman–Crippen LogP) is 5.62. The van der Waals surface area contributed by atoms with Crippen LogP contribution in [0.4, 0.5) is 5.69 Å². The molecule has 8 rings (SSSR count). The third kappa shape index (κ3) is 3.08. The second-order valence-electron chi connectivity index (χ2n) is 10.5. The van der Waals surface area contributed by atoms with Gasteiger partial charge in [-0.25, -0.2) is 4.90 Å². The molecule has 4 aliphatic rings. The number of anilines is 1. The molecule has 3 aliphatic carbocycles. The number of imide groups is 1. The molecule has 1 fully saturated rings. The van der Waals surface area contributed by atoms with Crippen LogP contribution in [0.3, 0.4) is 0 Å². The van der Waals surface area contributed by atoms with Crippen molar-refractivity contribution < 1.29 is 19.1 Å². The van der Waals surface area contributed by atoms with Crippen molar-refractivity contribution in [2.45, 2.75) is 25.2 Å². The van der Waals surface area contributed by atoms with Crippen molar-refractivity contribution in [2.24, 2.45) is 11.3 Å². The molecule has 0 saturated carbocycles. The van der Waals surface area contributed by atoms with Crippen LogP contribution in [0.1, 0.15) is 46.6 Å². The number of benzene rings is 4. The molecule has 4 aromatic rings.